The van der Waals surface area contributed by atoms with E-state index < -0.39 is 0 Å². The lowest BCUT2D eigenvalue weighted by Gasteiger charge is -2.17. The zero-order valence-corrected chi connectivity index (χ0v) is 10.0. The van der Waals surface area contributed by atoms with Gasteiger partial charge in [-0.2, -0.15) is 0 Å². The minimum Gasteiger partial charge on any atom is -0.468 e. The summed E-state index contributed by atoms with van der Waals surface area (Å²) in [5.74, 6) is 1.10. The molecule has 0 saturated carbocycles. The van der Waals surface area contributed by atoms with Crippen LogP contribution in [-0.4, -0.2) is 24.5 Å². The van der Waals surface area contributed by atoms with Gasteiger partial charge < -0.3 is 9.73 Å². The Labute approximate surface area is 92.5 Å². The van der Waals surface area contributed by atoms with Crippen molar-refractivity contribution in [2.45, 2.75) is 33.9 Å². The second kappa shape index (κ2) is 6.64. The zero-order chi connectivity index (χ0) is 11.1. The maximum atomic E-state index is 5.51. The first-order valence-electron chi connectivity index (χ1n) is 5.80. The second-order valence-electron chi connectivity index (χ2n) is 3.61. The molecule has 1 heterocycles. The summed E-state index contributed by atoms with van der Waals surface area (Å²) >= 11 is 0. The highest BCUT2D eigenvalue weighted by Gasteiger charge is 2.08. The third-order valence-electron chi connectivity index (χ3n) is 2.66. The molecule has 0 aromatic carbocycles. The Kier molecular flexibility index (Phi) is 5.43. The molecule has 0 saturated heterocycles. The Balaban J connectivity index is 2.55. The highest BCUT2D eigenvalue weighted by atomic mass is 16.3. The van der Waals surface area contributed by atoms with Crippen molar-refractivity contribution in [3.05, 3.63) is 23.7 Å². The topological polar surface area (TPSA) is 28.4 Å². The lowest BCUT2D eigenvalue weighted by molar-refractivity contribution is 0.267. The first kappa shape index (κ1) is 12.3. The molecule has 0 unspecified atom stereocenters. The highest BCUT2D eigenvalue weighted by molar-refractivity contribution is 5.16. The summed E-state index contributed by atoms with van der Waals surface area (Å²) in [7, 11) is 0. The average Bonchev–Trinajstić information content (AvgIpc) is 2.70. The minimum absolute atomic E-state index is 0.906. The van der Waals surface area contributed by atoms with Gasteiger partial charge in [-0.1, -0.05) is 20.8 Å². The normalized spacial score (nSPS) is 11.2. The molecule has 0 radical (unpaired) electrons. The van der Waals surface area contributed by atoms with Crippen LogP contribution in [0.1, 0.15) is 32.1 Å². The van der Waals surface area contributed by atoms with Crippen LogP contribution in [0.15, 0.2) is 16.7 Å². The highest BCUT2D eigenvalue weighted by Crippen LogP contribution is 2.12. The van der Waals surface area contributed by atoms with E-state index in [2.05, 4.69) is 37.1 Å². The van der Waals surface area contributed by atoms with Gasteiger partial charge in [-0.25, -0.2) is 0 Å². The van der Waals surface area contributed by atoms with Crippen LogP contribution in [0.25, 0.3) is 0 Å². The maximum absolute atomic E-state index is 5.51. The summed E-state index contributed by atoms with van der Waals surface area (Å²) in [5, 5.41) is 3.32. The molecule has 3 heteroatoms. The first-order valence-corrected chi connectivity index (χ1v) is 5.80. The number of nitrogens with zero attached hydrogens (tertiary/aromatic N) is 1. The predicted octanol–water partition coefficient (Wildman–Crippen LogP) is 2.23. The van der Waals surface area contributed by atoms with Gasteiger partial charge in [0.15, 0.2) is 0 Å². The summed E-state index contributed by atoms with van der Waals surface area (Å²) in [6.45, 7) is 11.4. The Bertz CT molecular complexity index is 266. The molecule has 1 rings (SSSR count). The molecule has 0 amide bonds. The summed E-state index contributed by atoms with van der Waals surface area (Å²) in [4.78, 5) is 2.36. The molecule has 1 aromatic heterocycles. The van der Waals surface area contributed by atoms with Crippen molar-refractivity contribution in [3.63, 3.8) is 0 Å². The Morgan fingerprint density at radius 3 is 2.60 bits per heavy atom. The fourth-order valence-corrected chi connectivity index (χ4v) is 1.57. The van der Waals surface area contributed by atoms with E-state index in [9.17, 15) is 0 Å². The number of hydrogen-bond acceptors (Lipinski definition) is 3. The molecule has 15 heavy (non-hydrogen) atoms. The molecule has 3 nitrogen and oxygen atoms in total. The van der Waals surface area contributed by atoms with Gasteiger partial charge in [0.1, 0.15) is 5.76 Å². The molecule has 0 fully saturated rings. The van der Waals surface area contributed by atoms with Crippen molar-refractivity contribution >= 4 is 0 Å². The van der Waals surface area contributed by atoms with Crippen molar-refractivity contribution in [2.24, 2.45) is 0 Å². The van der Waals surface area contributed by atoms with Crippen LogP contribution in [0.4, 0.5) is 0 Å². The first-order chi connectivity index (χ1) is 7.31. The number of rotatable bonds is 7. The lowest BCUT2D eigenvalue weighted by atomic mass is 10.2. The van der Waals surface area contributed by atoms with Gasteiger partial charge in [0, 0.05) is 12.1 Å². The number of hydrogen-bond donors (Lipinski definition) is 1. The molecule has 86 valence electrons. The smallest absolute Gasteiger partial charge is 0.122 e. The summed E-state index contributed by atoms with van der Waals surface area (Å²) < 4.78 is 5.51. The van der Waals surface area contributed by atoms with Crippen LogP contribution < -0.4 is 5.32 Å². The average molecular weight is 210 g/mol. The summed E-state index contributed by atoms with van der Waals surface area (Å²) in [6.07, 6.45) is 1.78. The molecule has 0 aliphatic carbocycles. The van der Waals surface area contributed by atoms with Crippen LogP contribution in [0.2, 0.25) is 0 Å². The van der Waals surface area contributed by atoms with Crippen LogP contribution in [-0.2, 0) is 13.1 Å². The fourth-order valence-electron chi connectivity index (χ4n) is 1.57. The largest absolute Gasteiger partial charge is 0.468 e. The lowest BCUT2D eigenvalue weighted by Crippen LogP contribution is -2.23. The van der Waals surface area contributed by atoms with Gasteiger partial charge in [-0.15, -0.1) is 0 Å². The SMILES string of the molecule is CCNCc1ccoc1CN(CC)CC. The van der Waals surface area contributed by atoms with E-state index in [0.717, 1.165) is 38.5 Å². The Morgan fingerprint density at radius 1 is 1.27 bits per heavy atom. The number of furan rings is 1. The predicted molar refractivity (Wildman–Crippen MR) is 62.7 cm³/mol. The monoisotopic (exact) mass is 210 g/mol. The molecular weight excluding hydrogens is 188 g/mol. The van der Waals surface area contributed by atoms with E-state index in [1.807, 2.05) is 0 Å². The molecule has 0 aliphatic rings. The molecule has 1 N–H and O–H groups in total. The van der Waals surface area contributed by atoms with Gasteiger partial charge in [-0.05, 0) is 25.7 Å². The van der Waals surface area contributed by atoms with Crippen molar-refractivity contribution in [3.8, 4) is 0 Å². The van der Waals surface area contributed by atoms with E-state index in [1.54, 1.807) is 6.26 Å². The van der Waals surface area contributed by atoms with Gasteiger partial charge in [-0.3, -0.25) is 4.90 Å². The molecule has 0 spiro atoms. The minimum atomic E-state index is 0.906. The molecule has 0 bridgehead atoms. The van der Waals surface area contributed by atoms with E-state index in [1.165, 1.54) is 5.56 Å². The molecule has 0 aliphatic heterocycles. The van der Waals surface area contributed by atoms with Gasteiger partial charge >= 0.3 is 0 Å². The summed E-state index contributed by atoms with van der Waals surface area (Å²) in [6, 6.07) is 2.06. The fraction of sp³-hybridized carbons (Fsp3) is 0.667. The summed E-state index contributed by atoms with van der Waals surface area (Å²) in [5.41, 5.74) is 1.28. The van der Waals surface area contributed by atoms with E-state index in [-0.39, 0.29) is 0 Å². The van der Waals surface area contributed by atoms with Gasteiger partial charge in [0.25, 0.3) is 0 Å². The van der Waals surface area contributed by atoms with Crippen LogP contribution >= 0.6 is 0 Å². The van der Waals surface area contributed by atoms with E-state index >= 15 is 0 Å². The second-order valence-corrected chi connectivity index (χ2v) is 3.61. The molecule has 1 aromatic rings. The van der Waals surface area contributed by atoms with Crippen LogP contribution in [0, 0.1) is 0 Å². The van der Waals surface area contributed by atoms with Crippen LogP contribution in [0.3, 0.4) is 0 Å². The van der Waals surface area contributed by atoms with Crippen molar-refractivity contribution in [1.82, 2.24) is 10.2 Å². The van der Waals surface area contributed by atoms with Gasteiger partial charge in [0.05, 0.1) is 12.8 Å². The Morgan fingerprint density at radius 2 is 2.00 bits per heavy atom. The van der Waals surface area contributed by atoms with Crippen LogP contribution in [0.5, 0.6) is 0 Å². The van der Waals surface area contributed by atoms with E-state index in [4.69, 9.17) is 4.42 Å². The maximum Gasteiger partial charge on any atom is 0.122 e. The number of nitrogens with one attached hydrogen (secondary N) is 1. The standard InChI is InChI=1S/C12H22N2O/c1-4-13-9-11-7-8-15-12(11)10-14(5-2)6-3/h7-8,13H,4-6,9-10H2,1-3H3. The van der Waals surface area contributed by atoms with Crippen molar-refractivity contribution in [2.75, 3.05) is 19.6 Å². The molecular formula is C12H22N2O. The third kappa shape index (κ3) is 3.68. The van der Waals surface area contributed by atoms with E-state index in [0.29, 0.717) is 0 Å². The van der Waals surface area contributed by atoms with Gasteiger partial charge in [0.2, 0.25) is 0 Å². The zero-order valence-electron chi connectivity index (χ0n) is 10.0. The third-order valence-corrected chi connectivity index (χ3v) is 2.66. The Hall–Kier alpha value is -0.800. The van der Waals surface area contributed by atoms with Crippen molar-refractivity contribution in [1.29, 1.82) is 0 Å². The molecule has 0 atom stereocenters. The van der Waals surface area contributed by atoms with Crippen molar-refractivity contribution < 1.29 is 4.42 Å². The quantitative estimate of drug-likeness (QED) is 0.748.